The second-order valence-electron chi connectivity index (χ2n) is 4.50. The van der Waals surface area contributed by atoms with Gasteiger partial charge in [0.05, 0.1) is 19.4 Å². The second-order valence-corrected chi connectivity index (χ2v) is 4.50. The van der Waals surface area contributed by atoms with E-state index >= 15 is 0 Å². The highest BCUT2D eigenvalue weighted by atomic mass is 16.5. The summed E-state index contributed by atoms with van der Waals surface area (Å²) in [4.78, 5) is 23.3. The average Bonchev–Trinajstić information content (AvgIpc) is 2.77. The molecule has 0 aromatic carbocycles. The Bertz CT molecular complexity index is 470. The van der Waals surface area contributed by atoms with Gasteiger partial charge < -0.3 is 14.8 Å². The first-order valence-corrected chi connectivity index (χ1v) is 6.28. The van der Waals surface area contributed by atoms with Gasteiger partial charge in [-0.15, -0.1) is 5.10 Å². The summed E-state index contributed by atoms with van der Waals surface area (Å²) >= 11 is 0. The van der Waals surface area contributed by atoms with Crippen LogP contribution in [-0.2, 0) is 27.2 Å². The van der Waals surface area contributed by atoms with Gasteiger partial charge in [0.25, 0.3) is 0 Å². The van der Waals surface area contributed by atoms with Gasteiger partial charge in [0.2, 0.25) is 5.91 Å². The number of nitrogens with one attached hydrogen (secondary N) is 1. The Balaban J connectivity index is 2.91. The van der Waals surface area contributed by atoms with Crippen molar-refractivity contribution in [3.8, 4) is 0 Å². The number of amides is 1. The molecule has 0 atom stereocenters. The van der Waals surface area contributed by atoms with Crippen LogP contribution in [0.2, 0.25) is 0 Å². The van der Waals surface area contributed by atoms with Crippen molar-refractivity contribution in [2.75, 3.05) is 20.8 Å². The molecule has 0 aliphatic heterocycles. The Kier molecular flexibility index (Phi) is 6.10. The molecule has 0 fully saturated rings. The van der Waals surface area contributed by atoms with E-state index in [1.165, 1.54) is 11.8 Å². The summed E-state index contributed by atoms with van der Waals surface area (Å²) < 4.78 is 11.0. The number of nitrogens with zero attached hydrogens (tertiary/aromatic N) is 3. The van der Waals surface area contributed by atoms with Gasteiger partial charge in [0, 0.05) is 19.6 Å². The van der Waals surface area contributed by atoms with E-state index in [9.17, 15) is 9.59 Å². The maximum Gasteiger partial charge on any atom is 0.360 e. The van der Waals surface area contributed by atoms with Gasteiger partial charge in [-0.1, -0.05) is 5.21 Å². The van der Waals surface area contributed by atoms with Crippen LogP contribution >= 0.6 is 0 Å². The van der Waals surface area contributed by atoms with E-state index in [4.69, 9.17) is 4.74 Å². The molecule has 112 valence electrons. The molecule has 1 aromatic rings. The first-order chi connectivity index (χ1) is 9.49. The zero-order valence-corrected chi connectivity index (χ0v) is 12.2. The topological polar surface area (TPSA) is 95.3 Å². The Hall–Kier alpha value is -1.96. The molecule has 20 heavy (non-hydrogen) atoms. The van der Waals surface area contributed by atoms with E-state index in [1.807, 2.05) is 13.8 Å². The minimum atomic E-state index is -0.577. The summed E-state index contributed by atoms with van der Waals surface area (Å²) in [6.45, 7) is 4.13. The molecule has 1 amide bonds. The van der Waals surface area contributed by atoms with E-state index in [0.717, 1.165) is 0 Å². The van der Waals surface area contributed by atoms with Gasteiger partial charge in [-0.25, -0.2) is 9.48 Å². The standard InChI is InChI=1S/C12H20N4O4/c1-8(2)13-10(17)7-16-9(5-6-19-3)11(14-15-16)12(18)20-4/h8H,5-7H2,1-4H3,(H,13,17). The molecule has 1 rings (SSSR count). The molecule has 0 radical (unpaired) electrons. The van der Waals surface area contributed by atoms with E-state index < -0.39 is 5.97 Å². The number of methoxy groups -OCH3 is 2. The van der Waals surface area contributed by atoms with Crippen molar-refractivity contribution in [2.45, 2.75) is 32.9 Å². The molecule has 0 spiro atoms. The summed E-state index contributed by atoms with van der Waals surface area (Å²) in [5.74, 6) is -0.772. The first-order valence-electron chi connectivity index (χ1n) is 6.28. The highest BCUT2D eigenvalue weighted by Gasteiger charge is 2.21. The van der Waals surface area contributed by atoms with Crippen LogP contribution in [0.1, 0.15) is 30.0 Å². The summed E-state index contributed by atoms with van der Waals surface area (Å²) in [6, 6.07) is 0.0357. The van der Waals surface area contributed by atoms with Gasteiger partial charge >= 0.3 is 5.97 Å². The first kappa shape index (κ1) is 16.1. The minimum absolute atomic E-state index is 0.00121. The van der Waals surface area contributed by atoms with Gasteiger partial charge in [0.1, 0.15) is 6.54 Å². The maximum atomic E-state index is 11.8. The molecule has 1 heterocycles. The van der Waals surface area contributed by atoms with Crippen molar-refractivity contribution >= 4 is 11.9 Å². The fourth-order valence-corrected chi connectivity index (χ4v) is 1.66. The highest BCUT2D eigenvalue weighted by molar-refractivity contribution is 5.88. The number of carbonyl (C=O) groups is 2. The van der Waals surface area contributed by atoms with E-state index in [-0.39, 0.29) is 24.2 Å². The van der Waals surface area contributed by atoms with Crippen LogP contribution < -0.4 is 5.32 Å². The quantitative estimate of drug-likeness (QED) is 0.695. The number of ether oxygens (including phenoxy) is 2. The summed E-state index contributed by atoms with van der Waals surface area (Å²) in [6.07, 6.45) is 0.420. The smallest absolute Gasteiger partial charge is 0.360 e. The molecular formula is C12H20N4O4. The third kappa shape index (κ3) is 4.30. The minimum Gasteiger partial charge on any atom is -0.464 e. The number of esters is 1. The van der Waals surface area contributed by atoms with Crippen LogP contribution in [-0.4, -0.2) is 53.7 Å². The van der Waals surface area contributed by atoms with Crippen molar-refractivity contribution in [1.82, 2.24) is 20.3 Å². The number of hydrogen-bond acceptors (Lipinski definition) is 6. The van der Waals surface area contributed by atoms with Crippen molar-refractivity contribution in [1.29, 1.82) is 0 Å². The molecule has 0 unspecified atom stereocenters. The number of aromatic nitrogens is 3. The van der Waals surface area contributed by atoms with Crippen molar-refractivity contribution in [2.24, 2.45) is 0 Å². The SMILES string of the molecule is COCCc1c(C(=O)OC)nnn1CC(=O)NC(C)C. The molecule has 1 N–H and O–H groups in total. The zero-order valence-electron chi connectivity index (χ0n) is 12.2. The van der Waals surface area contributed by atoms with Crippen LogP contribution in [0.3, 0.4) is 0 Å². The van der Waals surface area contributed by atoms with Crippen LogP contribution in [0.15, 0.2) is 0 Å². The monoisotopic (exact) mass is 284 g/mol. The fourth-order valence-electron chi connectivity index (χ4n) is 1.66. The number of rotatable bonds is 7. The van der Waals surface area contributed by atoms with Gasteiger partial charge in [-0.05, 0) is 13.8 Å². The fraction of sp³-hybridized carbons (Fsp3) is 0.667. The third-order valence-corrected chi connectivity index (χ3v) is 2.50. The Morgan fingerprint density at radius 3 is 2.60 bits per heavy atom. The highest BCUT2D eigenvalue weighted by Crippen LogP contribution is 2.08. The van der Waals surface area contributed by atoms with E-state index in [1.54, 1.807) is 7.11 Å². The molecule has 0 saturated heterocycles. The third-order valence-electron chi connectivity index (χ3n) is 2.50. The zero-order chi connectivity index (χ0) is 15.1. The Morgan fingerprint density at radius 2 is 2.05 bits per heavy atom. The lowest BCUT2D eigenvalue weighted by Crippen LogP contribution is -2.34. The van der Waals surface area contributed by atoms with Gasteiger partial charge in [0.15, 0.2) is 5.69 Å². The summed E-state index contributed by atoms with van der Waals surface area (Å²) in [5.41, 5.74) is 0.638. The van der Waals surface area contributed by atoms with Crippen LogP contribution in [0.5, 0.6) is 0 Å². The molecule has 0 saturated carbocycles. The van der Waals surface area contributed by atoms with Crippen LogP contribution in [0.4, 0.5) is 0 Å². The number of hydrogen-bond donors (Lipinski definition) is 1. The maximum absolute atomic E-state index is 11.8. The Morgan fingerprint density at radius 1 is 1.35 bits per heavy atom. The summed E-state index contributed by atoms with van der Waals surface area (Å²) in [7, 11) is 2.82. The predicted octanol–water partition coefficient (Wildman–Crippen LogP) is -0.222. The van der Waals surface area contributed by atoms with Gasteiger partial charge in [-0.3, -0.25) is 4.79 Å². The molecule has 0 aliphatic carbocycles. The molecule has 8 nitrogen and oxygen atoms in total. The van der Waals surface area contributed by atoms with Crippen molar-refractivity contribution in [3.63, 3.8) is 0 Å². The molecule has 8 heteroatoms. The van der Waals surface area contributed by atoms with E-state index in [2.05, 4.69) is 20.4 Å². The largest absolute Gasteiger partial charge is 0.464 e. The van der Waals surface area contributed by atoms with E-state index in [0.29, 0.717) is 18.7 Å². The lowest BCUT2D eigenvalue weighted by molar-refractivity contribution is -0.122. The molecular weight excluding hydrogens is 264 g/mol. The lowest BCUT2D eigenvalue weighted by Gasteiger charge is -2.10. The number of carbonyl (C=O) groups excluding carboxylic acids is 2. The average molecular weight is 284 g/mol. The summed E-state index contributed by atoms with van der Waals surface area (Å²) in [5, 5.41) is 10.4. The van der Waals surface area contributed by atoms with Crippen molar-refractivity contribution in [3.05, 3.63) is 11.4 Å². The normalized spacial score (nSPS) is 10.7. The lowest BCUT2D eigenvalue weighted by atomic mass is 10.2. The Labute approximate surface area is 117 Å². The molecule has 0 aliphatic rings. The van der Waals surface area contributed by atoms with Crippen molar-refractivity contribution < 1.29 is 19.1 Å². The van der Waals surface area contributed by atoms with Gasteiger partial charge in [-0.2, -0.15) is 0 Å². The van der Waals surface area contributed by atoms with Crippen LogP contribution in [0.25, 0.3) is 0 Å². The predicted molar refractivity (Wildman–Crippen MR) is 70.2 cm³/mol. The van der Waals surface area contributed by atoms with Crippen LogP contribution in [0, 0.1) is 0 Å². The molecule has 0 bridgehead atoms. The second kappa shape index (κ2) is 7.59. The molecule has 1 aromatic heterocycles.